The van der Waals surface area contributed by atoms with E-state index in [0.29, 0.717) is 35.2 Å². The van der Waals surface area contributed by atoms with Crippen molar-refractivity contribution in [2.45, 2.75) is 38.1 Å². The smallest absolute Gasteiger partial charge is 0.326 e. The van der Waals surface area contributed by atoms with Crippen molar-refractivity contribution in [3.63, 3.8) is 0 Å². The van der Waals surface area contributed by atoms with E-state index in [1.165, 1.54) is 21.6 Å². The third-order valence-electron chi connectivity index (χ3n) is 4.57. The second-order valence-corrected chi connectivity index (χ2v) is 9.04. The average Bonchev–Trinajstić information content (AvgIpc) is 3.25. The van der Waals surface area contributed by atoms with Gasteiger partial charge in [0, 0.05) is 24.4 Å². The second kappa shape index (κ2) is 8.99. The highest BCUT2D eigenvalue weighted by molar-refractivity contribution is 8.26. The van der Waals surface area contributed by atoms with Gasteiger partial charge in [0.2, 0.25) is 5.91 Å². The van der Waals surface area contributed by atoms with E-state index in [2.05, 4.69) is 0 Å². The Hall–Kier alpha value is -1.71. The van der Waals surface area contributed by atoms with E-state index >= 15 is 0 Å². The minimum Gasteiger partial charge on any atom is -0.480 e. The fourth-order valence-electron chi connectivity index (χ4n) is 3.21. The highest BCUT2D eigenvalue weighted by Crippen LogP contribution is 2.33. The molecule has 2 saturated heterocycles. The quantitative estimate of drug-likeness (QED) is 0.558. The van der Waals surface area contributed by atoms with Gasteiger partial charge in [-0.15, -0.1) is 11.3 Å². The van der Waals surface area contributed by atoms with Crippen molar-refractivity contribution >= 4 is 63.5 Å². The maximum Gasteiger partial charge on any atom is 0.326 e. The summed E-state index contributed by atoms with van der Waals surface area (Å²) in [5.74, 6) is -1.24. The first-order valence-corrected chi connectivity index (χ1v) is 10.9. The van der Waals surface area contributed by atoms with Crippen molar-refractivity contribution in [2.75, 3.05) is 13.1 Å². The number of carbonyl (C=O) groups excluding carboxylic acids is 2. The number of thiocarbonyl (C=S) groups is 1. The molecule has 9 heteroatoms. The first-order chi connectivity index (χ1) is 13.0. The Morgan fingerprint density at radius 2 is 2.19 bits per heavy atom. The van der Waals surface area contributed by atoms with Crippen molar-refractivity contribution in [3.05, 3.63) is 27.3 Å². The fraction of sp³-hybridized carbons (Fsp3) is 0.444. The van der Waals surface area contributed by atoms with E-state index < -0.39 is 12.0 Å². The zero-order valence-corrected chi connectivity index (χ0v) is 17.1. The van der Waals surface area contributed by atoms with Gasteiger partial charge in [0.05, 0.1) is 4.91 Å². The predicted molar refractivity (Wildman–Crippen MR) is 110 cm³/mol. The lowest BCUT2D eigenvalue weighted by molar-refractivity contribution is -0.152. The Balaban J connectivity index is 1.54. The number of hydrogen-bond donors (Lipinski definition) is 1. The van der Waals surface area contributed by atoms with Gasteiger partial charge in [0.25, 0.3) is 5.91 Å². The number of nitrogens with zero attached hydrogens (tertiary/aromatic N) is 2. The lowest BCUT2D eigenvalue weighted by Gasteiger charge is -2.33. The third-order valence-corrected chi connectivity index (χ3v) is 6.77. The fourth-order valence-corrected chi connectivity index (χ4v) is 5.25. The second-order valence-electron chi connectivity index (χ2n) is 6.39. The average molecular weight is 425 g/mol. The van der Waals surface area contributed by atoms with E-state index in [0.717, 1.165) is 17.7 Å². The number of carbonyl (C=O) groups is 3. The largest absolute Gasteiger partial charge is 0.480 e. The van der Waals surface area contributed by atoms with E-state index in [9.17, 15) is 19.5 Å². The molecule has 2 amide bonds. The number of hydrogen-bond acceptors (Lipinski definition) is 6. The summed E-state index contributed by atoms with van der Waals surface area (Å²) < 4.78 is 0.497. The van der Waals surface area contributed by atoms with Crippen LogP contribution in [0.3, 0.4) is 0 Å². The number of likely N-dealkylation sites (tertiary alicyclic amines) is 1. The molecule has 2 aliphatic heterocycles. The summed E-state index contributed by atoms with van der Waals surface area (Å²) >= 11 is 8.13. The number of thiophene rings is 1. The molecule has 2 aliphatic rings. The van der Waals surface area contributed by atoms with Gasteiger partial charge in [0.15, 0.2) is 0 Å². The molecule has 144 valence electrons. The lowest BCUT2D eigenvalue weighted by Crippen LogP contribution is -2.48. The standard InChI is InChI=1S/C18H20N2O4S3/c21-15(19-8-2-1-6-13(19)17(23)24)7-3-9-20-16(22)14(27-18(20)25)11-12-5-4-10-26-12/h4-5,10-11,13H,1-3,6-9H2,(H,23,24)/b14-11-. The summed E-state index contributed by atoms with van der Waals surface area (Å²) in [6.07, 6.45) is 4.67. The van der Waals surface area contributed by atoms with Crippen molar-refractivity contribution in [2.24, 2.45) is 0 Å². The van der Waals surface area contributed by atoms with Crippen molar-refractivity contribution in [3.8, 4) is 0 Å². The van der Waals surface area contributed by atoms with Crippen LogP contribution in [-0.2, 0) is 14.4 Å². The van der Waals surface area contributed by atoms with Crippen LogP contribution in [0.1, 0.15) is 37.0 Å². The maximum atomic E-state index is 12.5. The normalized spacial score (nSPS) is 21.9. The first kappa shape index (κ1) is 20.0. The van der Waals surface area contributed by atoms with Gasteiger partial charge in [-0.3, -0.25) is 14.5 Å². The zero-order valence-electron chi connectivity index (χ0n) is 14.6. The number of rotatable bonds is 6. The van der Waals surface area contributed by atoms with Crippen LogP contribution >= 0.6 is 35.3 Å². The van der Waals surface area contributed by atoms with Crippen LogP contribution in [0.15, 0.2) is 22.4 Å². The molecule has 1 atom stereocenters. The number of aliphatic carboxylic acids is 1. The number of thioether (sulfide) groups is 1. The molecule has 27 heavy (non-hydrogen) atoms. The Bertz CT molecular complexity index is 776. The number of carboxylic acids is 1. The van der Waals surface area contributed by atoms with Gasteiger partial charge in [-0.05, 0) is 43.2 Å². The lowest BCUT2D eigenvalue weighted by atomic mass is 10.0. The van der Waals surface area contributed by atoms with Crippen LogP contribution in [0.25, 0.3) is 6.08 Å². The van der Waals surface area contributed by atoms with Crippen LogP contribution in [0, 0.1) is 0 Å². The Kier molecular flexibility index (Phi) is 6.67. The zero-order chi connectivity index (χ0) is 19.4. The van der Waals surface area contributed by atoms with Gasteiger partial charge in [-0.2, -0.15) is 0 Å². The van der Waals surface area contributed by atoms with E-state index in [4.69, 9.17) is 12.2 Å². The molecule has 6 nitrogen and oxygen atoms in total. The predicted octanol–water partition coefficient (Wildman–Crippen LogP) is 3.20. The number of piperidine rings is 1. The maximum absolute atomic E-state index is 12.5. The van der Waals surface area contributed by atoms with Gasteiger partial charge in [-0.1, -0.05) is 30.0 Å². The molecular weight excluding hydrogens is 404 g/mol. The summed E-state index contributed by atoms with van der Waals surface area (Å²) in [5, 5.41) is 11.2. The van der Waals surface area contributed by atoms with Crippen LogP contribution in [0.2, 0.25) is 0 Å². The molecule has 0 aliphatic carbocycles. The summed E-state index contributed by atoms with van der Waals surface area (Å²) in [7, 11) is 0. The number of carboxylic acid groups (broad SMARTS) is 1. The van der Waals surface area contributed by atoms with E-state index in [1.807, 2.05) is 23.6 Å². The van der Waals surface area contributed by atoms with Crippen LogP contribution < -0.4 is 0 Å². The molecule has 1 aromatic heterocycles. The molecule has 2 fully saturated rings. The van der Waals surface area contributed by atoms with Crippen molar-refractivity contribution < 1.29 is 19.5 Å². The summed E-state index contributed by atoms with van der Waals surface area (Å²) in [4.78, 5) is 40.9. The molecule has 1 aromatic rings. The minimum absolute atomic E-state index is 0.132. The molecular formula is C18H20N2O4S3. The van der Waals surface area contributed by atoms with Gasteiger partial charge in [-0.25, -0.2) is 4.79 Å². The molecule has 0 saturated carbocycles. The Morgan fingerprint density at radius 1 is 1.37 bits per heavy atom. The highest BCUT2D eigenvalue weighted by atomic mass is 32.2. The van der Waals surface area contributed by atoms with E-state index in [-0.39, 0.29) is 18.2 Å². The van der Waals surface area contributed by atoms with Gasteiger partial charge in [0.1, 0.15) is 10.4 Å². The summed E-state index contributed by atoms with van der Waals surface area (Å²) in [5.41, 5.74) is 0. The molecule has 0 bridgehead atoms. The van der Waals surface area contributed by atoms with Gasteiger partial charge < -0.3 is 10.0 Å². The van der Waals surface area contributed by atoms with Crippen LogP contribution in [-0.4, -0.2) is 56.1 Å². The molecule has 1 N–H and O–H groups in total. The number of amides is 2. The molecule has 3 heterocycles. The first-order valence-electron chi connectivity index (χ1n) is 8.78. The molecule has 0 radical (unpaired) electrons. The van der Waals surface area contributed by atoms with E-state index in [1.54, 1.807) is 11.3 Å². The minimum atomic E-state index is -0.946. The molecule has 0 aromatic carbocycles. The topological polar surface area (TPSA) is 77.9 Å². The molecule has 1 unspecified atom stereocenters. The molecule has 0 spiro atoms. The van der Waals surface area contributed by atoms with Crippen molar-refractivity contribution in [1.29, 1.82) is 0 Å². The SMILES string of the molecule is O=C(O)C1CCCCN1C(=O)CCCN1C(=O)/C(=C/c2cccs2)SC1=S. The Labute approximate surface area is 171 Å². The van der Waals surface area contributed by atoms with Crippen LogP contribution in [0.4, 0.5) is 0 Å². The highest BCUT2D eigenvalue weighted by Gasteiger charge is 2.33. The monoisotopic (exact) mass is 424 g/mol. The summed E-state index contributed by atoms with van der Waals surface area (Å²) in [6, 6.07) is 3.14. The van der Waals surface area contributed by atoms with Crippen LogP contribution in [0.5, 0.6) is 0 Å². The Morgan fingerprint density at radius 3 is 2.89 bits per heavy atom. The third kappa shape index (κ3) is 4.77. The summed E-state index contributed by atoms with van der Waals surface area (Å²) in [6.45, 7) is 0.851. The van der Waals surface area contributed by atoms with Gasteiger partial charge >= 0.3 is 5.97 Å². The molecule has 3 rings (SSSR count). The van der Waals surface area contributed by atoms with Crippen molar-refractivity contribution in [1.82, 2.24) is 9.80 Å².